The third kappa shape index (κ3) is 3.27. The molecule has 1 aromatic rings. The first-order chi connectivity index (χ1) is 11.8. The highest BCUT2D eigenvalue weighted by molar-refractivity contribution is 5.74. The molecule has 24 heavy (non-hydrogen) atoms. The van der Waals surface area contributed by atoms with E-state index in [4.69, 9.17) is 0 Å². The topological polar surface area (TPSA) is 75.1 Å². The van der Waals surface area contributed by atoms with E-state index in [-0.39, 0.29) is 6.03 Å². The average Bonchev–Trinajstić information content (AvgIpc) is 3.07. The number of amides is 2. The van der Waals surface area contributed by atoms with Crippen LogP contribution in [0.5, 0.6) is 0 Å². The van der Waals surface area contributed by atoms with E-state index in [0.29, 0.717) is 12.0 Å². The molecule has 2 N–H and O–H groups in total. The zero-order chi connectivity index (χ0) is 16.4. The summed E-state index contributed by atoms with van der Waals surface area (Å²) in [5.74, 6) is 2.41. The van der Waals surface area contributed by atoms with Gasteiger partial charge in [-0.05, 0) is 25.7 Å². The number of aromatic nitrogens is 3. The van der Waals surface area contributed by atoms with Gasteiger partial charge in [-0.2, -0.15) is 0 Å². The Balaban J connectivity index is 1.40. The van der Waals surface area contributed by atoms with E-state index in [1.807, 2.05) is 4.90 Å². The fraction of sp³-hybridized carbons (Fsp3) is 0.824. The summed E-state index contributed by atoms with van der Waals surface area (Å²) in [6, 6.07) is 0.491. The number of piperidine rings is 1. The van der Waals surface area contributed by atoms with Gasteiger partial charge in [0.05, 0.1) is 6.54 Å². The Kier molecular flexibility index (Phi) is 4.69. The van der Waals surface area contributed by atoms with E-state index < -0.39 is 0 Å². The Morgan fingerprint density at radius 2 is 1.96 bits per heavy atom. The van der Waals surface area contributed by atoms with Crippen LogP contribution in [0.1, 0.15) is 62.5 Å². The molecule has 1 atom stereocenters. The summed E-state index contributed by atoms with van der Waals surface area (Å²) in [4.78, 5) is 14.6. The molecule has 0 bridgehead atoms. The van der Waals surface area contributed by atoms with Crippen LogP contribution in [0.4, 0.5) is 4.79 Å². The third-order valence-electron chi connectivity index (χ3n) is 5.66. The van der Waals surface area contributed by atoms with Gasteiger partial charge in [0.2, 0.25) is 0 Å². The van der Waals surface area contributed by atoms with E-state index in [2.05, 4.69) is 25.4 Å². The van der Waals surface area contributed by atoms with E-state index in [1.54, 1.807) is 0 Å². The Morgan fingerprint density at radius 3 is 2.83 bits per heavy atom. The molecule has 1 unspecified atom stereocenters. The molecular formula is C17H28N6O. The maximum Gasteiger partial charge on any atom is 0.317 e. The minimum absolute atomic E-state index is 0.117. The van der Waals surface area contributed by atoms with E-state index in [9.17, 15) is 4.79 Å². The summed E-state index contributed by atoms with van der Waals surface area (Å²) in [6.45, 7) is 4.33. The molecule has 1 aromatic heterocycles. The molecule has 3 heterocycles. The molecule has 3 aliphatic rings. The fourth-order valence-electron chi connectivity index (χ4n) is 4.30. The van der Waals surface area contributed by atoms with E-state index in [0.717, 1.165) is 70.1 Å². The number of carbonyl (C=O) groups is 1. The first-order valence-electron chi connectivity index (χ1n) is 9.49. The zero-order valence-corrected chi connectivity index (χ0v) is 14.3. The number of rotatable bonds is 2. The summed E-state index contributed by atoms with van der Waals surface area (Å²) < 4.78 is 2.25. The van der Waals surface area contributed by atoms with Crippen molar-refractivity contribution >= 4 is 6.03 Å². The van der Waals surface area contributed by atoms with Crippen molar-refractivity contribution in [3.63, 3.8) is 0 Å². The van der Waals surface area contributed by atoms with Crippen molar-refractivity contribution in [3.05, 3.63) is 11.6 Å². The molecule has 4 rings (SSSR count). The normalized spacial score (nSPS) is 25.3. The number of fused-ring (bicyclic) bond motifs is 1. The van der Waals surface area contributed by atoms with E-state index in [1.165, 1.54) is 19.3 Å². The standard InChI is InChI=1S/C17H28N6O/c24-17(19-14-6-2-1-3-7-14)22-9-4-5-13(12-22)16-21-20-15-11-18-8-10-23(15)16/h13-14,18H,1-12H2,(H,19,24). The number of likely N-dealkylation sites (tertiary alicyclic amines) is 1. The number of urea groups is 1. The molecular weight excluding hydrogens is 304 g/mol. The van der Waals surface area contributed by atoms with Crippen molar-refractivity contribution in [2.45, 2.75) is 70.0 Å². The first-order valence-corrected chi connectivity index (χ1v) is 9.49. The highest BCUT2D eigenvalue weighted by Crippen LogP contribution is 2.27. The quantitative estimate of drug-likeness (QED) is 0.863. The Labute approximate surface area is 143 Å². The van der Waals surface area contributed by atoms with Gasteiger partial charge in [0, 0.05) is 38.1 Å². The van der Waals surface area contributed by atoms with Crippen molar-refractivity contribution in [2.75, 3.05) is 19.6 Å². The summed E-state index contributed by atoms with van der Waals surface area (Å²) in [7, 11) is 0. The van der Waals surface area contributed by atoms with Crippen LogP contribution >= 0.6 is 0 Å². The Hall–Kier alpha value is -1.63. The molecule has 0 aromatic carbocycles. The number of nitrogens with one attached hydrogen (secondary N) is 2. The summed E-state index contributed by atoms with van der Waals surface area (Å²) in [6.07, 6.45) is 8.20. The van der Waals surface area contributed by atoms with Gasteiger partial charge in [0.25, 0.3) is 0 Å². The van der Waals surface area contributed by atoms with Gasteiger partial charge in [-0.3, -0.25) is 0 Å². The van der Waals surface area contributed by atoms with Crippen molar-refractivity contribution in [1.82, 2.24) is 30.3 Å². The number of hydrogen-bond acceptors (Lipinski definition) is 4. The molecule has 0 radical (unpaired) electrons. The lowest BCUT2D eigenvalue weighted by molar-refractivity contribution is 0.170. The summed E-state index contributed by atoms with van der Waals surface area (Å²) in [5, 5.41) is 15.4. The van der Waals surface area contributed by atoms with Crippen LogP contribution in [-0.4, -0.2) is 51.4 Å². The average molecular weight is 332 g/mol. The molecule has 1 saturated heterocycles. The molecule has 2 amide bonds. The SMILES string of the molecule is O=C(NC1CCCCC1)N1CCCC(c2nnc3n2CCNC3)C1. The number of hydrogen-bond donors (Lipinski definition) is 2. The van der Waals surface area contributed by atoms with Gasteiger partial charge >= 0.3 is 6.03 Å². The zero-order valence-electron chi connectivity index (χ0n) is 14.3. The lowest BCUT2D eigenvalue weighted by atomic mass is 9.95. The second kappa shape index (κ2) is 7.09. The first kappa shape index (κ1) is 15.9. The smallest absolute Gasteiger partial charge is 0.317 e. The van der Waals surface area contributed by atoms with Gasteiger partial charge in [-0.25, -0.2) is 4.79 Å². The van der Waals surface area contributed by atoms with Gasteiger partial charge in [0.15, 0.2) is 0 Å². The molecule has 132 valence electrons. The second-order valence-corrected chi connectivity index (χ2v) is 7.37. The van der Waals surface area contributed by atoms with Crippen LogP contribution in [-0.2, 0) is 13.1 Å². The minimum Gasteiger partial charge on any atom is -0.335 e. The fourth-order valence-corrected chi connectivity index (χ4v) is 4.30. The minimum atomic E-state index is 0.117. The van der Waals surface area contributed by atoms with Gasteiger partial charge in [-0.1, -0.05) is 19.3 Å². The van der Waals surface area contributed by atoms with Crippen molar-refractivity contribution in [2.24, 2.45) is 0 Å². The number of nitrogens with zero attached hydrogens (tertiary/aromatic N) is 4. The molecule has 1 aliphatic carbocycles. The van der Waals surface area contributed by atoms with Crippen LogP contribution in [0.25, 0.3) is 0 Å². The molecule has 0 spiro atoms. The Bertz CT molecular complexity index is 580. The van der Waals surface area contributed by atoms with Crippen LogP contribution in [0, 0.1) is 0 Å². The number of carbonyl (C=O) groups excluding carboxylic acids is 1. The van der Waals surface area contributed by atoms with E-state index >= 15 is 0 Å². The van der Waals surface area contributed by atoms with Gasteiger partial charge in [-0.15, -0.1) is 10.2 Å². The van der Waals surface area contributed by atoms with Gasteiger partial charge in [0.1, 0.15) is 11.6 Å². The molecule has 7 nitrogen and oxygen atoms in total. The predicted octanol–water partition coefficient (Wildman–Crippen LogP) is 1.60. The maximum absolute atomic E-state index is 12.6. The van der Waals surface area contributed by atoms with Crippen molar-refractivity contribution < 1.29 is 4.79 Å². The molecule has 2 aliphatic heterocycles. The third-order valence-corrected chi connectivity index (χ3v) is 5.66. The van der Waals surface area contributed by atoms with Crippen molar-refractivity contribution in [1.29, 1.82) is 0 Å². The summed E-state index contributed by atoms with van der Waals surface area (Å²) in [5.41, 5.74) is 0. The van der Waals surface area contributed by atoms with Crippen LogP contribution in [0.15, 0.2) is 0 Å². The van der Waals surface area contributed by atoms with Crippen LogP contribution in [0.3, 0.4) is 0 Å². The maximum atomic E-state index is 12.6. The van der Waals surface area contributed by atoms with Crippen LogP contribution < -0.4 is 10.6 Å². The highest BCUT2D eigenvalue weighted by atomic mass is 16.2. The van der Waals surface area contributed by atoms with Gasteiger partial charge < -0.3 is 20.1 Å². The monoisotopic (exact) mass is 332 g/mol. The second-order valence-electron chi connectivity index (χ2n) is 7.37. The van der Waals surface area contributed by atoms with Crippen molar-refractivity contribution in [3.8, 4) is 0 Å². The molecule has 1 saturated carbocycles. The molecule has 2 fully saturated rings. The lowest BCUT2D eigenvalue weighted by Crippen LogP contribution is -2.49. The summed E-state index contributed by atoms with van der Waals surface area (Å²) >= 11 is 0. The van der Waals surface area contributed by atoms with Crippen LogP contribution in [0.2, 0.25) is 0 Å². The predicted molar refractivity (Wildman–Crippen MR) is 90.7 cm³/mol. The largest absolute Gasteiger partial charge is 0.335 e. The Morgan fingerprint density at radius 1 is 1.08 bits per heavy atom. The molecule has 7 heteroatoms. The lowest BCUT2D eigenvalue weighted by Gasteiger charge is -2.34. The highest BCUT2D eigenvalue weighted by Gasteiger charge is 2.30.